The molecule has 140 valence electrons. The summed E-state index contributed by atoms with van der Waals surface area (Å²) in [5, 5.41) is 0. The molecule has 0 unspecified atom stereocenters. The van der Waals surface area contributed by atoms with Gasteiger partial charge in [0.05, 0.1) is 16.2 Å². The first-order valence-electron chi connectivity index (χ1n) is 7.89. The first-order chi connectivity index (χ1) is 12.7. The molecule has 0 aromatic heterocycles. The Morgan fingerprint density at radius 2 is 1.78 bits per heavy atom. The maximum Gasteiger partial charge on any atom is 0.416 e. The van der Waals surface area contributed by atoms with Crippen LogP contribution in [0.4, 0.5) is 24.5 Å². The molecular formula is C19H15F3N2OS2. The zero-order valence-electron chi connectivity index (χ0n) is 14.4. The summed E-state index contributed by atoms with van der Waals surface area (Å²) in [6.45, 7) is 0. The van der Waals surface area contributed by atoms with Gasteiger partial charge in [-0.25, -0.2) is 0 Å². The molecule has 1 aliphatic heterocycles. The molecule has 3 nitrogen and oxygen atoms in total. The van der Waals surface area contributed by atoms with Crippen LogP contribution >= 0.6 is 24.0 Å². The second-order valence-corrected chi connectivity index (χ2v) is 7.73. The van der Waals surface area contributed by atoms with E-state index < -0.39 is 17.6 Å². The largest absolute Gasteiger partial charge is 0.416 e. The van der Waals surface area contributed by atoms with Gasteiger partial charge in [0.1, 0.15) is 0 Å². The van der Waals surface area contributed by atoms with Gasteiger partial charge in [-0.1, -0.05) is 42.2 Å². The Labute approximate surface area is 164 Å². The normalized spacial score (nSPS) is 16.3. The Hall–Kier alpha value is -2.32. The summed E-state index contributed by atoms with van der Waals surface area (Å²) in [6, 6.07) is 12.2. The van der Waals surface area contributed by atoms with E-state index in [4.69, 9.17) is 12.2 Å². The number of amides is 1. The third kappa shape index (κ3) is 4.17. The minimum absolute atomic E-state index is 0.110. The number of thioether (sulfide) groups is 1. The Balaban J connectivity index is 1.89. The SMILES string of the molecule is CN(C)c1ccc(/C=C2/SC(=S)N(c3cccc(C(F)(F)F)c3)C2=O)cc1. The van der Waals surface area contributed by atoms with Crippen molar-refractivity contribution in [2.75, 3.05) is 23.9 Å². The van der Waals surface area contributed by atoms with Gasteiger partial charge in [-0.2, -0.15) is 13.2 Å². The molecule has 1 amide bonds. The Morgan fingerprint density at radius 1 is 1.11 bits per heavy atom. The molecule has 0 radical (unpaired) electrons. The topological polar surface area (TPSA) is 23.6 Å². The summed E-state index contributed by atoms with van der Waals surface area (Å²) in [5.74, 6) is -0.430. The summed E-state index contributed by atoms with van der Waals surface area (Å²) in [5.41, 5.74) is 1.12. The van der Waals surface area contributed by atoms with Crippen LogP contribution in [0, 0.1) is 0 Å². The van der Waals surface area contributed by atoms with Gasteiger partial charge in [-0.3, -0.25) is 9.69 Å². The van der Waals surface area contributed by atoms with E-state index in [9.17, 15) is 18.0 Å². The fourth-order valence-electron chi connectivity index (χ4n) is 2.53. The zero-order valence-corrected chi connectivity index (χ0v) is 16.1. The van der Waals surface area contributed by atoms with Crippen LogP contribution in [0.1, 0.15) is 11.1 Å². The maximum absolute atomic E-state index is 12.9. The molecule has 0 aliphatic carbocycles. The predicted octanol–water partition coefficient (Wildman–Crippen LogP) is 5.18. The van der Waals surface area contributed by atoms with Crippen LogP contribution in [0.25, 0.3) is 6.08 Å². The van der Waals surface area contributed by atoms with Crippen molar-refractivity contribution in [1.82, 2.24) is 0 Å². The van der Waals surface area contributed by atoms with Gasteiger partial charge in [0, 0.05) is 19.8 Å². The molecule has 1 fully saturated rings. The number of hydrogen-bond acceptors (Lipinski definition) is 4. The molecular weight excluding hydrogens is 393 g/mol. The maximum atomic E-state index is 12.9. The van der Waals surface area contributed by atoms with Gasteiger partial charge in [0.15, 0.2) is 4.32 Å². The van der Waals surface area contributed by atoms with Gasteiger partial charge in [-0.05, 0) is 42.0 Å². The monoisotopic (exact) mass is 408 g/mol. The van der Waals surface area contributed by atoms with Crippen LogP contribution in [-0.2, 0) is 11.0 Å². The fraction of sp³-hybridized carbons (Fsp3) is 0.158. The van der Waals surface area contributed by atoms with Crippen LogP contribution in [0.5, 0.6) is 0 Å². The van der Waals surface area contributed by atoms with Crippen molar-refractivity contribution in [3.8, 4) is 0 Å². The molecule has 2 aromatic carbocycles. The van der Waals surface area contributed by atoms with Gasteiger partial charge >= 0.3 is 6.18 Å². The number of halogens is 3. The van der Waals surface area contributed by atoms with Gasteiger partial charge in [0.2, 0.25) is 0 Å². The number of alkyl halides is 3. The second kappa shape index (κ2) is 7.36. The number of benzene rings is 2. The molecule has 1 aliphatic rings. The van der Waals surface area contributed by atoms with Gasteiger partial charge in [-0.15, -0.1) is 0 Å². The van der Waals surface area contributed by atoms with E-state index >= 15 is 0 Å². The molecule has 1 saturated heterocycles. The van der Waals surface area contributed by atoms with Crippen LogP contribution in [0.15, 0.2) is 53.4 Å². The van der Waals surface area contributed by atoms with E-state index in [1.54, 1.807) is 6.08 Å². The fourth-order valence-corrected chi connectivity index (χ4v) is 3.83. The lowest BCUT2D eigenvalue weighted by Gasteiger charge is -2.16. The molecule has 1 heterocycles. The van der Waals surface area contributed by atoms with Crippen LogP contribution < -0.4 is 9.80 Å². The quantitative estimate of drug-likeness (QED) is 0.516. The summed E-state index contributed by atoms with van der Waals surface area (Å²) in [7, 11) is 3.85. The van der Waals surface area contributed by atoms with E-state index in [0.29, 0.717) is 4.91 Å². The second-order valence-electron chi connectivity index (χ2n) is 6.05. The first-order valence-corrected chi connectivity index (χ1v) is 9.12. The average molecular weight is 408 g/mol. The zero-order chi connectivity index (χ0) is 19.8. The summed E-state index contributed by atoms with van der Waals surface area (Å²) >= 11 is 6.30. The smallest absolute Gasteiger partial charge is 0.378 e. The number of rotatable bonds is 3. The molecule has 0 spiro atoms. The minimum atomic E-state index is -4.49. The average Bonchev–Trinajstić information content (AvgIpc) is 2.88. The molecule has 0 bridgehead atoms. The molecule has 3 rings (SSSR count). The molecule has 8 heteroatoms. The van der Waals surface area contributed by atoms with Crippen LogP contribution in [-0.4, -0.2) is 24.3 Å². The standard InChI is InChI=1S/C19H15F3N2OS2/c1-23(2)14-8-6-12(7-9-14)10-16-17(25)24(18(26)27-16)15-5-3-4-13(11-15)19(20,21)22/h3-11H,1-2H3/b16-10+. The summed E-state index contributed by atoms with van der Waals surface area (Å²) in [4.78, 5) is 16.2. The lowest BCUT2D eigenvalue weighted by atomic mass is 10.1. The van der Waals surface area contributed by atoms with Crippen molar-refractivity contribution < 1.29 is 18.0 Å². The number of thiocarbonyl (C=S) groups is 1. The predicted molar refractivity (Wildman–Crippen MR) is 108 cm³/mol. The Kier molecular flexibility index (Phi) is 5.30. The highest BCUT2D eigenvalue weighted by Gasteiger charge is 2.36. The Bertz CT molecular complexity index is 921. The van der Waals surface area contributed by atoms with Crippen molar-refractivity contribution in [2.24, 2.45) is 0 Å². The summed E-state index contributed by atoms with van der Waals surface area (Å²) in [6.07, 6.45) is -2.80. The number of carbonyl (C=O) groups excluding carboxylic acids is 1. The number of hydrogen-bond donors (Lipinski definition) is 0. The highest BCUT2D eigenvalue weighted by Crippen LogP contribution is 2.38. The molecule has 27 heavy (non-hydrogen) atoms. The van der Waals surface area contributed by atoms with Crippen molar-refractivity contribution in [1.29, 1.82) is 0 Å². The van der Waals surface area contributed by atoms with Crippen LogP contribution in [0.3, 0.4) is 0 Å². The van der Waals surface area contributed by atoms with E-state index in [2.05, 4.69) is 0 Å². The van der Waals surface area contributed by atoms with Gasteiger partial charge < -0.3 is 4.90 Å². The van der Waals surface area contributed by atoms with Crippen molar-refractivity contribution >= 4 is 51.7 Å². The van der Waals surface area contributed by atoms with E-state index in [1.807, 2.05) is 43.3 Å². The van der Waals surface area contributed by atoms with Gasteiger partial charge in [0.25, 0.3) is 5.91 Å². The van der Waals surface area contributed by atoms with Crippen LogP contribution in [0.2, 0.25) is 0 Å². The molecule has 0 saturated carbocycles. The lowest BCUT2D eigenvalue weighted by Crippen LogP contribution is -2.27. The minimum Gasteiger partial charge on any atom is -0.378 e. The van der Waals surface area contributed by atoms with E-state index in [-0.39, 0.29) is 10.0 Å². The molecule has 0 N–H and O–H groups in total. The number of anilines is 2. The lowest BCUT2D eigenvalue weighted by molar-refractivity contribution is -0.137. The van der Waals surface area contributed by atoms with Crippen molar-refractivity contribution in [3.63, 3.8) is 0 Å². The highest BCUT2D eigenvalue weighted by atomic mass is 32.2. The highest BCUT2D eigenvalue weighted by molar-refractivity contribution is 8.27. The third-order valence-electron chi connectivity index (χ3n) is 3.93. The number of carbonyl (C=O) groups is 1. The Morgan fingerprint density at radius 3 is 2.37 bits per heavy atom. The third-order valence-corrected chi connectivity index (χ3v) is 5.23. The molecule has 0 atom stereocenters. The first kappa shape index (κ1) is 19.4. The van der Waals surface area contributed by atoms with E-state index in [1.165, 1.54) is 12.1 Å². The summed E-state index contributed by atoms with van der Waals surface area (Å²) < 4.78 is 39.0. The van der Waals surface area contributed by atoms with Crippen molar-refractivity contribution in [3.05, 3.63) is 64.6 Å². The van der Waals surface area contributed by atoms with Crippen molar-refractivity contribution in [2.45, 2.75) is 6.18 Å². The molecule has 2 aromatic rings. The number of nitrogens with zero attached hydrogens (tertiary/aromatic N) is 2. The van der Waals surface area contributed by atoms with E-state index in [0.717, 1.165) is 40.0 Å².